The summed E-state index contributed by atoms with van der Waals surface area (Å²) in [5.74, 6) is 0.571. The van der Waals surface area contributed by atoms with E-state index in [1.807, 2.05) is 12.1 Å². The second-order valence-electron chi connectivity index (χ2n) is 5.84. The zero-order valence-corrected chi connectivity index (χ0v) is 14.4. The lowest BCUT2D eigenvalue weighted by Crippen LogP contribution is -2.32. The summed E-state index contributed by atoms with van der Waals surface area (Å²) in [5.41, 5.74) is 1.21. The Kier molecular flexibility index (Phi) is 6.59. The van der Waals surface area contributed by atoms with Crippen LogP contribution < -0.4 is 0 Å². The Labute approximate surface area is 129 Å². The molecule has 0 saturated heterocycles. The van der Waals surface area contributed by atoms with Crippen molar-refractivity contribution in [3.05, 3.63) is 29.8 Å². The summed E-state index contributed by atoms with van der Waals surface area (Å²) < 4.78 is 24.4. The molecule has 0 atom stereocenters. The molecule has 114 valence electrons. The molecule has 0 aromatic heterocycles. The van der Waals surface area contributed by atoms with Gasteiger partial charge in [0, 0.05) is 0 Å². The van der Waals surface area contributed by atoms with E-state index in [1.165, 1.54) is 18.4 Å². The van der Waals surface area contributed by atoms with Gasteiger partial charge in [-0.05, 0) is 56.6 Å². The summed E-state index contributed by atoms with van der Waals surface area (Å²) in [6.07, 6.45) is 5.15. The zero-order chi connectivity index (χ0) is 15.2. The molecule has 0 N–H and O–H groups in total. The summed E-state index contributed by atoms with van der Waals surface area (Å²) in [7, 11) is -3.29. The Hall–Kier alpha value is -0.480. The van der Waals surface area contributed by atoms with Crippen molar-refractivity contribution < 1.29 is 8.42 Å². The molecular weight excluding hydrogens is 288 g/mol. The number of thiol groups is 1. The normalized spacial score (nSPS) is 12.6. The van der Waals surface area contributed by atoms with Gasteiger partial charge in [-0.2, -0.15) is 12.6 Å². The number of rotatable bonds is 8. The molecule has 0 aliphatic rings. The average Bonchev–Trinajstić information content (AvgIpc) is 2.39. The van der Waals surface area contributed by atoms with E-state index >= 15 is 0 Å². The first-order chi connectivity index (χ1) is 9.35. The minimum atomic E-state index is -3.29. The van der Waals surface area contributed by atoms with Gasteiger partial charge in [0.05, 0.1) is 9.64 Å². The van der Waals surface area contributed by atoms with Gasteiger partial charge >= 0.3 is 0 Å². The van der Waals surface area contributed by atoms with E-state index in [4.69, 9.17) is 0 Å². The molecule has 0 aliphatic carbocycles. The first-order valence-corrected chi connectivity index (χ1v) is 9.41. The van der Waals surface area contributed by atoms with Gasteiger partial charge in [-0.3, -0.25) is 0 Å². The lowest BCUT2D eigenvalue weighted by atomic mass is 10.1. The largest absolute Gasteiger partial charge is 0.223 e. The number of sulfone groups is 1. The maximum absolute atomic E-state index is 12.6. The van der Waals surface area contributed by atoms with Crippen LogP contribution in [0.3, 0.4) is 0 Å². The fraction of sp³-hybridized carbons (Fsp3) is 0.625. The number of aryl methyl sites for hydroxylation is 1. The molecule has 0 unspecified atom stereocenters. The minimum absolute atomic E-state index is 0.420. The molecule has 4 heteroatoms. The van der Waals surface area contributed by atoms with E-state index in [0.29, 0.717) is 17.1 Å². The summed E-state index contributed by atoms with van der Waals surface area (Å²) in [4.78, 5) is 0.420. The lowest BCUT2D eigenvalue weighted by molar-refractivity contribution is 0.540. The molecule has 2 nitrogen and oxygen atoms in total. The van der Waals surface area contributed by atoms with Crippen molar-refractivity contribution in [3.8, 4) is 0 Å². The highest BCUT2D eigenvalue weighted by atomic mass is 32.2. The third kappa shape index (κ3) is 4.26. The summed E-state index contributed by atoms with van der Waals surface area (Å²) in [5, 5.41) is 0. The standard InChI is InChI=1S/C16H26O2S2/c1-4-5-6-7-14-8-10-15(11-9-14)20(17,18)16(2,3)12-13-19/h8-11,19H,4-7,12-13H2,1-3H3. The minimum Gasteiger partial charge on any atom is -0.223 e. The Bertz CT molecular complexity index is 502. The molecule has 0 radical (unpaired) electrons. The quantitative estimate of drug-likeness (QED) is 0.573. The van der Waals surface area contributed by atoms with E-state index in [1.54, 1.807) is 26.0 Å². The van der Waals surface area contributed by atoms with Crippen LogP contribution in [0.25, 0.3) is 0 Å². The van der Waals surface area contributed by atoms with Crippen molar-refractivity contribution in [2.75, 3.05) is 5.75 Å². The van der Waals surface area contributed by atoms with E-state index in [9.17, 15) is 8.42 Å². The average molecular weight is 315 g/mol. The van der Waals surface area contributed by atoms with Gasteiger partial charge in [0.1, 0.15) is 0 Å². The number of unbranched alkanes of at least 4 members (excludes halogenated alkanes) is 2. The third-order valence-corrected chi connectivity index (χ3v) is 6.52. The lowest BCUT2D eigenvalue weighted by Gasteiger charge is -2.24. The molecule has 0 aliphatic heterocycles. The van der Waals surface area contributed by atoms with Crippen molar-refractivity contribution in [2.24, 2.45) is 0 Å². The second kappa shape index (κ2) is 7.51. The van der Waals surface area contributed by atoms with Crippen LogP contribution in [0.5, 0.6) is 0 Å². The number of benzene rings is 1. The van der Waals surface area contributed by atoms with Crippen molar-refractivity contribution in [2.45, 2.75) is 62.5 Å². The van der Waals surface area contributed by atoms with Crippen molar-refractivity contribution in [3.63, 3.8) is 0 Å². The first kappa shape index (κ1) is 17.6. The van der Waals surface area contributed by atoms with Gasteiger partial charge in [0.2, 0.25) is 0 Å². The van der Waals surface area contributed by atoms with E-state index in [-0.39, 0.29) is 0 Å². The Balaban J connectivity index is 2.87. The molecule has 0 saturated carbocycles. The van der Waals surface area contributed by atoms with Gasteiger partial charge in [0.15, 0.2) is 9.84 Å². The second-order valence-corrected chi connectivity index (χ2v) is 8.87. The van der Waals surface area contributed by atoms with Crippen LogP contribution >= 0.6 is 12.6 Å². The first-order valence-electron chi connectivity index (χ1n) is 7.29. The van der Waals surface area contributed by atoms with Gasteiger partial charge in [-0.15, -0.1) is 0 Å². The number of hydrogen-bond acceptors (Lipinski definition) is 3. The fourth-order valence-corrected chi connectivity index (χ4v) is 4.35. The van der Waals surface area contributed by atoms with Crippen LogP contribution in [0, 0.1) is 0 Å². The van der Waals surface area contributed by atoms with E-state index in [2.05, 4.69) is 19.6 Å². The molecule has 1 aromatic carbocycles. The summed E-state index contributed by atoms with van der Waals surface area (Å²) in [6, 6.07) is 7.38. The van der Waals surface area contributed by atoms with Gasteiger partial charge in [0.25, 0.3) is 0 Å². The van der Waals surface area contributed by atoms with Crippen molar-refractivity contribution >= 4 is 22.5 Å². The highest BCUT2D eigenvalue weighted by molar-refractivity contribution is 7.92. The van der Waals surface area contributed by atoms with Crippen LogP contribution in [0.4, 0.5) is 0 Å². The summed E-state index contributed by atoms with van der Waals surface area (Å²) >= 11 is 4.16. The van der Waals surface area contributed by atoms with Crippen molar-refractivity contribution in [1.82, 2.24) is 0 Å². The topological polar surface area (TPSA) is 34.1 Å². The summed E-state index contributed by atoms with van der Waals surface area (Å²) in [6.45, 7) is 5.72. The Morgan fingerprint density at radius 3 is 2.20 bits per heavy atom. The smallest absolute Gasteiger partial charge is 0.183 e. The van der Waals surface area contributed by atoms with Crippen molar-refractivity contribution in [1.29, 1.82) is 0 Å². The molecule has 0 spiro atoms. The molecule has 0 fully saturated rings. The zero-order valence-electron chi connectivity index (χ0n) is 12.7. The Morgan fingerprint density at radius 2 is 1.70 bits per heavy atom. The SMILES string of the molecule is CCCCCc1ccc(S(=O)(=O)C(C)(C)CCS)cc1. The fourth-order valence-electron chi connectivity index (χ4n) is 2.14. The molecular formula is C16H26O2S2. The van der Waals surface area contributed by atoms with Crippen LogP contribution in [0.15, 0.2) is 29.2 Å². The van der Waals surface area contributed by atoms with E-state index in [0.717, 1.165) is 12.8 Å². The molecule has 1 rings (SSSR count). The molecule has 1 aromatic rings. The molecule has 0 amide bonds. The molecule has 20 heavy (non-hydrogen) atoms. The number of hydrogen-bond donors (Lipinski definition) is 1. The Morgan fingerprint density at radius 1 is 1.10 bits per heavy atom. The van der Waals surface area contributed by atoms with E-state index < -0.39 is 14.6 Å². The maximum Gasteiger partial charge on any atom is 0.183 e. The monoisotopic (exact) mass is 314 g/mol. The predicted octanol–water partition coefficient (Wildman–Crippen LogP) is 4.29. The van der Waals surface area contributed by atoms with Crippen LogP contribution in [0.1, 0.15) is 52.0 Å². The highest BCUT2D eigenvalue weighted by Crippen LogP contribution is 2.29. The highest BCUT2D eigenvalue weighted by Gasteiger charge is 2.34. The van der Waals surface area contributed by atoms with Gasteiger partial charge < -0.3 is 0 Å². The third-order valence-electron chi connectivity index (χ3n) is 3.74. The maximum atomic E-state index is 12.6. The van der Waals surface area contributed by atoms with Gasteiger partial charge in [-0.1, -0.05) is 31.9 Å². The van der Waals surface area contributed by atoms with Gasteiger partial charge in [-0.25, -0.2) is 8.42 Å². The predicted molar refractivity (Wildman–Crippen MR) is 89.4 cm³/mol. The molecule has 0 heterocycles. The van der Waals surface area contributed by atoms with Crippen LogP contribution in [-0.2, 0) is 16.3 Å². The van der Waals surface area contributed by atoms with Crippen LogP contribution in [0.2, 0.25) is 0 Å². The van der Waals surface area contributed by atoms with Crippen LogP contribution in [-0.4, -0.2) is 18.9 Å². The molecule has 0 bridgehead atoms.